The van der Waals surface area contributed by atoms with Crippen LogP contribution in [0.5, 0.6) is 5.75 Å². The van der Waals surface area contributed by atoms with Crippen molar-refractivity contribution >= 4 is 11.9 Å². The van der Waals surface area contributed by atoms with Crippen LogP contribution in [0, 0.1) is 24.2 Å². The molecule has 0 spiro atoms. The zero-order valence-electron chi connectivity index (χ0n) is 12.6. The largest absolute Gasteiger partial charge is 0.497 e. The number of rotatable bonds is 4. The fraction of sp³-hybridized carbons (Fsp3) is 0.294. The summed E-state index contributed by atoms with van der Waals surface area (Å²) in [5, 5.41) is 0. The Morgan fingerprint density at radius 1 is 1.27 bits per heavy atom. The SMILES string of the molecule is C#CC(OC(C)=O)c1ccc(OC)cc1C#CCOC(C)=O. The Bertz CT molecular complexity index is 658. The minimum Gasteiger partial charge on any atom is -0.497 e. The van der Waals surface area contributed by atoms with Crippen molar-refractivity contribution in [2.45, 2.75) is 20.0 Å². The average Bonchev–Trinajstić information content (AvgIpc) is 2.48. The Balaban J connectivity index is 3.13. The van der Waals surface area contributed by atoms with Gasteiger partial charge in [-0.2, -0.15) is 0 Å². The Hall–Kier alpha value is -2.92. The number of hydrogen-bond donors (Lipinski definition) is 0. The molecular weight excluding hydrogens is 284 g/mol. The molecular formula is C17H16O5. The second-order valence-electron chi connectivity index (χ2n) is 4.19. The summed E-state index contributed by atoms with van der Waals surface area (Å²) >= 11 is 0. The molecule has 0 bridgehead atoms. The van der Waals surface area contributed by atoms with Gasteiger partial charge in [0, 0.05) is 25.0 Å². The van der Waals surface area contributed by atoms with Gasteiger partial charge >= 0.3 is 11.9 Å². The van der Waals surface area contributed by atoms with Crippen molar-refractivity contribution in [3.8, 4) is 29.9 Å². The quantitative estimate of drug-likeness (QED) is 0.627. The second-order valence-corrected chi connectivity index (χ2v) is 4.19. The van der Waals surface area contributed by atoms with E-state index >= 15 is 0 Å². The topological polar surface area (TPSA) is 61.8 Å². The molecule has 0 fully saturated rings. The minimum absolute atomic E-state index is 0.0414. The number of methoxy groups -OCH3 is 1. The maximum atomic E-state index is 11.1. The van der Waals surface area contributed by atoms with E-state index in [4.69, 9.17) is 20.6 Å². The van der Waals surface area contributed by atoms with Crippen molar-refractivity contribution in [3.05, 3.63) is 29.3 Å². The fourth-order valence-electron chi connectivity index (χ4n) is 1.62. The summed E-state index contributed by atoms with van der Waals surface area (Å²) in [6.45, 7) is 2.54. The first-order valence-electron chi connectivity index (χ1n) is 6.41. The second kappa shape index (κ2) is 8.39. The standard InChI is InChI=1S/C17H16O5/c1-5-17(22-13(3)19)16-9-8-15(20-4)11-14(16)7-6-10-21-12(2)18/h1,8-9,11,17H,10H2,2-4H3. The third-order valence-corrected chi connectivity index (χ3v) is 2.55. The highest BCUT2D eigenvalue weighted by atomic mass is 16.5. The van der Waals surface area contributed by atoms with E-state index in [9.17, 15) is 9.59 Å². The molecule has 0 amide bonds. The molecule has 1 rings (SSSR count). The number of esters is 2. The first kappa shape index (κ1) is 17.1. The molecule has 1 unspecified atom stereocenters. The first-order chi connectivity index (χ1) is 10.5. The van der Waals surface area contributed by atoms with E-state index in [0.717, 1.165) is 0 Å². The third kappa shape index (κ3) is 5.22. The molecule has 0 aliphatic carbocycles. The molecule has 0 heterocycles. The monoisotopic (exact) mass is 300 g/mol. The highest BCUT2D eigenvalue weighted by Crippen LogP contribution is 2.25. The summed E-state index contributed by atoms with van der Waals surface area (Å²) in [5.41, 5.74) is 1.10. The first-order valence-corrected chi connectivity index (χ1v) is 6.41. The van der Waals surface area contributed by atoms with Gasteiger partial charge in [-0.05, 0) is 18.2 Å². The number of benzene rings is 1. The smallest absolute Gasteiger partial charge is 0.304 e. The van der Waals surface area contributed by atoms with Gasteiger partial charge in [0.2, 0.25) is 0 Å². The zero-order chi connectivity index (χ0) is 16.5. The highest BCUT2D eigenvalue weighted by molar-refractivity contribution is 5.67. The number of hydrogen-bond acceptors (Lipinski definition) is 5. The van der Waals surface area contributed by atoms with Gasteiger partial charge in [0.05, 0.1) is 7.11 Å². The van der Waals surface area contributed by atoms with Crippen LogP contribution in [-0.2, 0) is 19.1 Å². The van der Waals surface area contributed by atoms with Crippen LogP contribution in [0.3, 0.4) is 0 Å². The van der Waals surface area contributed by atoms with Gasteiger partial charge in [0.1, 0.15) is 5.75 Å². The Morgan fingerprint density at radius 3 is 2.55 bits per heavy atom. The number of terminal acetylenes is 1. The molecule has 1 atom stereocenters. The Morgan fingerprint density at radius 2 is 2.00 bits per heavy atom. The molecule has 0 saturated heterocycles. The van der Waals surface area contributed by atoms with E-state index in [1.807, 2.05) is 0 Å². The van der Waals surface area contributed by atoms with Crippen LogP contribution in [0.4, 0.5) is 0 Å². The molecule has 0 radical (unpaired) electrons. The number of ether oxygens (including phenoxy) is 3. The third-order valence-electron chi connectivity index (χ3n) is 2.55. The summed E-state index contributed by atoms with van der Waals surface area (Å²) in [5.74, 6) is 7.61. The average molecular weight is 300 g/mol. The summed E-state index contributed by atoms with van der Waals surface area (Å²) in [4.78, 5) is 21.8. The van der Waals surface area contributed by atoms with E-state index in [1.165, 1.54) is 21.0 Å². The molecule has 5 nitrogen and oxygen atoms in total. The molecule has 22 heavy (non-hydrogen) atoms. The van der Waals surface area contributed by atoms with E-state index < -0.39 is 18.0 Å². The molecule has 0 saturated carbocycles. The van der Waals surface area contributed by atoms with Gasteiger partial charge in [-0.1, -0.05) is 17.8 Å². The van der Waals surface area contributed by atoms with Gasteiger partial charge in [0.25, 0.3) is 0 Å². The van der Waals surface area contributed by atoms with Crippen LogP contribution in [0.2, 0.25) is 0 Å². The predicted octanol–water partition coefficient (Wildman–Crippen LogP) is 1.85. The van der Waals surface area contributed by atoms with Gasteiger partial charge in [-0.3, -0.25) is 9.59 Å². The minimum atomic E-state index is -0.846. The fourth-order valence-corrected chi connectivity index (χ4v) is 1.62. The maximum absolute atomic E-state index is 11.1. The van der Waals surface area contributed by atoms with Crippen molar-refractivity contribution in [2.24, 2.45) is 0 Å². The molecule has 114 valence electrons. The summed E-state index contributed by atoms with van der Waals surface area (Å²) in [6, 6.07) is 5.05. The predicted molar refractivity (Wildman–Crippen MR) is 79.8 cm³/mol. The van der Waals surface area contributed by atoms with Crippen LogP contribution in [0.1, 0.15) is 31.1 Å². The van der Waals surface area contributed by atoms with Gasteiger partial charge in [-0.15, -0.1) is 6.42 Å². The lowest BCUT2D eigenvalue weighted by Crippen LogP contribution is -2.08. The normalized spacial score (nSPS) is 10.5. The lowest BCUT2D eigenvalue weighted by molar-refractivity contribution is -0.144. The van der Waals surface area contributed by atoms with Crippen LogP contribution >= 0.6 is 0 Å². The summed E-state index contributed by atoms with van der Waals surface area (Å²) < 4.78 is 15.0. The molecule has 5 heteroatoms. The van der Waals surface area contributed by atoms with E-state index in [-0.39, 0.29) is 6.61 Å². The van der Waals surface area contributed by atoms with Crippen molar-refractivity contribution in [2.75, 3.05) is 13.7 Å². The Kier molecular flexibility index (Phi) is 6.53. The molecule has 0 aromatic heterocycles. The molecule has 0 N–H and O–H groups in total. The van der Waals surface area contributed by atoms with Gasteiger partial charge < -0.3 is 14.2 Å². The van der Waals surface area contributed by atoms with E-state index in [2.05, 4.69) is 17.8 Å². The van der Waals surface area contributed by atoms with Crippen LogP contribution in [0.25, 0.3) is 0 Å². The molecule has 1 aromatic carbocycles. The Labute approximate surface area is 129 Å². The maximum Gasteiger partial charge on any atom is 0.304 e. The van der Waals surface area contributed by atoms with Crippen LogP contribution in [0.15, 0.2) is 18.2 Å². The van der Waals surface area contributed by atoms with E-state index in [1.54, 1.807) is 18.2 Å². The number of carbonyl (C=O) groups excluding carboxylic acids is 2. The lowest BCUT2D eigenvalue weighted by atomic mass is 10.0. The van der Waals surface area contributed by atoms with Crippen molar-refractivity contribution in [3.63, 3.8) is 0 Å². The van der Waals surface area contributed by atoms with Gasteiger partial charge in [-0.25, -0.2) is 0 Å². The van der Waals surface area contributed by atoms with Crippen molar-refractivity contribution in [1.29, 1.82) is 0 Å². The van der Waals surface area contributed by atoms with Crippen LogP contribution < -0.4 is 4.74 Å². The van der Waals surface area contributed by atoms with Crippen LogP contribution in [-0.4, -0.2) is 25.7 Å². The highest BCUT2D eigenvalue weighted by Gasteiger charge is 2.15. The zero-order valence-corrected chi connectivity index (χ0v) is 12.6. The van der Waals surface area contributed by atoms with Gasteiger partial charge in [0.15, 0.2) is 12.7 Å². The van der Waals surface area contributed by atoms with Crippen molar-refractivity contribution in [1.82, 2.24) is 0 Å². The lowest BCUT2D eigenvalue weighted by Gasteiger charge is -2.14. The molecule has 0 aliphatic heterocycles. The van der Waals surface area contributed by atoms with E-state index in [0.29, 0.717) is 16.9 Å². The molecule has 0 aliphatic rings. The van der Waals surface area contributed by atoms with Crippen molar-refractivity contribution < 1.29 is 23.8 Å². The number of carbonyl (C=O) groups is 2. The molecule has 1 aromatic rings. The summed E-state index contributed by atoms with van der Waals surface area (Å²) in [6.07, 6.45) is 4.57. The summed E-state index contributed by atoms with van der Waals surface area (Å²) in [7, 11) is 1.52.